The minimum atomic E-state index is -0.362. The van der Waals surface area contributed by atoms with Crippen LogP contribution in [0.15, 0.2) is 83.7 Å². The lowest BCUT2D eigenvalue weighted by Crippen LogP contribution is -2.00. The fraction of sp³-hybridized carbons (Fsp3) is 0.100. The van der Waals surface area contributed by atoms with Crippen LogP contribution in [0.1, 0.15) is 18.2 Å². The number of H-pyrrole nitrogens is 1. The zero-order chi connectivity index (χ0) is 16.8. The lowest BCUT2D eigenvalue weighted by molar-refractivity contribution is -0.137. The van der Waals surface area contributed by atoms with Gasteiger partial charge in [0.2, 0.25) is 0 Å². The first-order chi connectivity index (χ1) is 11.8. The molecule has 24 heavy (non-hydrogen) atoms. The number of aromatic amines is 1. The fourth-order valence-electron chi connectivity index (χ4n) is 2.49. The number of aliphatic imine (C=N–C) groups is 1. The molecule has 1 aromatic heterocycles. The van der Waals surface area contributed by atoms with Crippen molar-refractivity contribution < 1.29 is 9.53 Å². The van der Waals surface area contributed by atoms with Crippen LogP contribution in [0.3, 0.4) is 0 Å². The Hall–Kier alpha value is -3.14. The summed E-state index contributed by atoms with van der Waals surface area (Å²) in [7, 11) is 0. The van der Waals surface area contributed by atoms with Crippen molar-refractivity contribution in [1.82, 2.24) is 4.98 Å². The van der Waals surface area contributed by atoms with Gasteiger partial charge in [-0.25, -0.2) is 9.79 Å². The van der Waals surface area contributed by atoms with E-state index in [2.05, 4.69) is 22.1 Å². The molecule has 0 bridgehead atoms. The molecule has 1 aliphatic heterocycles. The molecule has 2 aromatic rings. The Morgan fingerprint density at radius 3 is 2.71 bits per heavy atom. The van der Waals surface area contributed by atoms with Gasteiger partial charge in [0.25, 0.3) is 0 Å². The number of esters is 1. The van der Waals surface area contributed by atoms with Gasteiger partial charge >= 0.3 is 5.97 Å². The largest absolute Gasteiger partial charge is 0.463 e. The monoisotopic (exact) mass is 318 g/mol. The number of allylic oxidation sites excluding steroid dienone is 3. The first-order valence-electron chi connectivity index (χ1n) is 7.83. The topological polar surface area (TPSA) is 54.4 Å². The highest BCUT2D eigenvalue weighted by Gasteiger charge is 2.13. The highest BCUT2D eigenvalue weighted by Crippen LogP contribution is 2.29. The van der Waals surface area contributed by atoms with Gasteiger partial charge in [0.15, 0.2) is 0 Å². The zero-order valence-corrected chi connectivity index (χ0v) is 13.4. The van der Waals surface area contributed by atoms with Gasteiger partial charge in [-0.1, -0.05) is 30.3 Å². The van der Waals surface area contributed by atoms with Crippen molar-refractivity contribution in [2.24, 2.45) is 4.99 Å². The summed E-state index contributed by atoms with van der Waals surface area (Å²) < 4.78 is 4.88. The number of carbonyl (C=O) groups is 1. The number of ether oxygens (including phenoxy) is 1. The third-order valence-electron chi connectivity index (χ3n) is 3.52. The maximum Gasteiger partial charge on any atom is 0.330 e. The molecular weight excluding hydrogens is 300 g/mol. The molecule has 4 nitrogen and oxygen atoms in total. The standard InChI is InChI=1S/C20H18N2O2/c1-2-24-19(23)13-11-16-10-12-18(22-16)20(17-9-6-14-21-17)15-7-4-3-5-8-15/h3-14,21H,2H2,1H3/b13-11+,20-18+. The highest BCUT2D eigenvalue weighted by atomic mass is 16.5. The molecule has 0 saturated heterocycles. The number of aromatic nitrogens is 1. The number of nitrogens with one attached hydrogen (secondary N) is 1. The molecule has 0 unspecified atom stereocenters. The van der Waals surface area contributed by atoms with E-state index in [0.29, 0.717) is 6.61 Å². The van der Waals surface area contributed by atoms with Crippen molar-refractivity contribution in [3.63, 3.8) is 0 Å². The van der Waals surface area contributed by atoms with Crippen LogP contribution in [0.25, 0.3) is 5.57 Å². The average molecular weight is 318 g/mol. The van der Waals surface area contributed by atoms with Crippen molar-refractivity contribution in [2.75, 3.05) is 6.61 Å². The highest BCUT2D eigenvalue weighted by molar-refractivity contribution is 6.10. The van der Waals surface area contributed by atoms with Crippen LogP contribution in [0, 0.1) is 0 Å². The summed E-state index contributed by atoms with van der Waals surface area (Å²) in [5.41, 5.74) is 4.68. The lowest BCUT2D eigenvalue weighted by atomic mass is 10.0. The van der Waals surface area contributed by atoms with E-state index in [9.17, 15) is 4.79 Å². The van der Waals surface area contributed by atoms with Crippen molar-refractivity contribution in [1.29, 1.82) is 0 Å². The van der Waals surface area contributed by atoms with Crippen LogP contribution in [0.4, 0.5) is 0 Å². The smallest absolute Gasteiger partial charge is 0.330 e. The van der Waals surface area contributed by atoms with E-state index in [-0.39, 0.29) is 5.97 Å². The molecular formula is C20H18N2O2. The summed E-state index contributed by atoms with van der Waals surface area (Å²) >= 11 is 0. The molecule has 0 saturated carbocycles. The summed E-state index contributed by atoms with van der Waals surface area (Å²) in [5.74, 6) is -0.362. The second-order valence-corrected chi connectivity index (χ2v) is 5.17. The normalized spacial score (nSPS) is 15.6. The van der Waals surface area contributed by atoms with Crippen LogP contribution >= 0.6 is 0 Å². The van der Waals surface area contributed by atoms with Gasteiger partial charge in [-0.05, 0) is 42.8 Å². The number of rotatable bonds is 5. The van der Waals surface area contributed by atoms with E-state index >= 15 is 0 Å². The van der Waals surface area contributed by atoms with Gasteiger partial charge in [0.1, 0.15) is 0 Å². The molecule has 1 aromatic carbocycles. The number of carbonyl (C=O) groups excluding carboxylic acids is 1. The van der Waals surface area contributed by atoms with Crippen molar-refractivity contribution in [2.45, 2.75) is 6.92 Å². The van der Waals surface area contributed by atoms with Gasteiger partial charge in [0.05, 0.1) is 18.0 Å². The van der Waals surface area contributed by atoms with E-state index < -0.39 is 0 Å². The molecule has 3 rings (SSSR count). The minimum Gasteiger partial charge on any atom is -0.463 e. The minimum absolute atomic E-state index is 0.362. The van der Waals surface area contributed by atoms with Crippen molar-refractivity contribution >= 4 is 17.3 Å². The van der Waals surface area contributed by atoms with E-state index in [1.54, 1.807) is 13.0 Å². The molecule has 1 N–H and O–H groups in total. The van der Waals surface area contributed by atoms with Gasteiger partial charge in [-0.15, -0.1) is 0 Å². The van der Waals surface area contributed by atoms with Crippen LogP contribution in [0.2, 0.25) is 0 Å². The predicted octanol–water partition coefficient (Wildman–Crippen LogP) is 3.90. The van der Waals surface area contributed by atoms with Gasteiger partial charge in [-0.2, -0.15) is 0 Å². The summed E-state index contributed by atoms with van der Waals surface area (Å²) in [6.45, 7) is 2.14. The second kappa shape index (κ2) is 7.42. The van der Waals surface area contributed by atoms with Gasteiger partial charge < -0.3 is 9.72 Å². The predicted molar refractivity (Wildman–Crippen MR) is 95.6 cm³/mol. The van der Waals surface area contributed by atoms with E-state index in [1.165, 1.54) is 6.08 Å². The van der Waals surface area contributed by atoms with Crippen molar-refractivity contribution in [3.8, 4) is 0 Å². The molecule has 0 spiro atoms. The SMILES string of the molecule is CCOC(=O)/C=C/C1=NC(=C(\c2ccccc2)c2ccc[nH]2)/C=C1. The Kier molecular flexibility index (Phi) is 4.87. The molecule has 120 valence electrons. The number of hydrogen-bond acceptors (Lipinski definition) is 3. The summed E-state index contributed by atoms with van der Waals surface area (Å²) in [4.78, 5) is 19.3. The Morgan fingerprint density at radius 1 is 1.17 bits per heavy atom. The van der Waals surface area contributed by atoms with E-state index in [1.807, 2.05) is 48.7 Å². The first kappa shape index (κ1) is 15.7. The molecule has 0 fully saturated rings. The molecule has 0 amide bonds. The Balaban J connectivity index is 1.96. The van der Waals surface area contributed by atoms with Crippen LogP contribution in [0.5, 0.6) is 0 Å². The Bertz CT molecular complexity index is 826. The Labute approximate surface area is 140 Å². The van der Waals surface area contributed by atoms with Gasteiger partial charge in [-0.3, -0.25) is 0 Å². The van der Waals surface area contributed by atoms with Crippen molar-refractivity contribution in [3.05, 3.63) is 89.9 Å². The van der Waals surface area contributed by atoms with Crippen LogP contribution < -0.4 is 0 Å². The molecule has 0 atom stereocenters. The van der Waals surface area contributed by atoms with E-state index in [4.69, 9.17) is 4.74 Å². The summed E-state index contributed by atoms with van der Waals surface area (Å²) in [6, 6.07) is 14.1. The molecule has 0 radical (unpaired) electrons. The third-order valence-corrected chi connectivity index (χ3v) is 3.52. The number of benzene rings is 1. The third kappa shape index (κ3) is 3.60. The van der Waals surface area contributed by atoms with Gasteiger partial charge in [0, 0.05) is 23.5 Å². The molecule has 1 aliphatic rings. The molecule has 4 heteroatoms. The summed E-state index contributed by atoms with van der Waals surface area (Å²) in [6.07, 6.45) is 8.79. The number of nitrogens with zero attached hydrogens (tertiary/aromatic N) is 1. The molecule has 2 heterocycles. The van der Waals surface area contributed by atoms with Crippen LogP contribution in [-0.4, -0.2) is 23.3 Å². The maximum atomic E-state index is 11.4. The maximum absolute atomic E-state index is 11.4. The average Bonchev–Trinajstić information content (AvgIpc) is 3.27. The second-order valence-electron chi connectivity index (χ2n) is 5.17. The zero-order valence-electron chi connectivity index (χ0n) is 13.4. The summed E-state index contributed by atoms with van der Waals surface area (Å²) in [5, 5.41) is 0. The first-order valence-corrected chi connectivity index (χ1v) is 7.83. The fourth-order valence-corrected chi connectivity index (χ4v) is 2.49. The van der Waals surface area contributed by atoms with E-state index in [0.717, 1.165) is 28.2 Å². The Morgan fingerprint density at radius 2 is 2.00 bits per heavy atom. The lowest BCUT2D eigenvalue weighted by Gasteiger charge is -2.08. The van der Waals surface area contributed by atoms with Crippen LogP contribution in [-0.2, 0) is 9.53 Å². The molecule has 0 aliphatic carbocycles. The number of hydrogen-bond donors (Lipinski definition) is 1. The quantitative estimate of drug-likeness (QED) is 0.671.